The number of carbonyl (C=O) groups excluding carboxylic acids is 1. The number of aromatic nitrogens is 3. The maximum atomic E-state index is 13.5. The van der Waals surface area contributed by atoms with Crippen molar-refractivity contribution in [3.63, 3.8) is 0 Å². The molecule has 2 rings (SSSR count). The van der Waals surface area contributed by atoms with Gasteiger partial charge < -0.3 is 10.4 Å². The topological polar surface area (TPSA) is 109 Å². The molecule has 0 atom stereocenters. The van der Waals surface area contributed by atoms with Gasteiger partial charge in [0.15, 0.2) is 0 Å². The summed E-state index contributed by atoms with van der Waals surface area (Å²) in [4.78, 5) is 26.1. The van der Waals surface area contributed by atoms with Crippen LogP contribution in [0.4, 0.5) is 25.2 Å². The zero-order chi connectivity index (χ0) is 15.6. The van der Waals surface area contributed by atoms with Gasteiger partial charge >= 0.3 is 12.0 Å². The van der Waals surface area contributed by atoms with Crippen molar-refractivity contribution in [2.75, 3.05) is 10.6 Å². The van der Waals surface area contributed by atoms with E-state index in [0.717, 1.165) is 0 Å². The van der Waals surface area contributed by atoms with E-state index in [2.05, 4.69) is 20.7 Å². The van der Waals surface area contributed by atoms with Gasteiger partial charge in [-0.1, -0.05) is 0 Å². The maximum absolute atomic E-state index is 13.5. The molecule has 0 fully saturated rings. The number of hydrogen-bond acceptors (Lipinski definition) is 4. The Bertz CT molecular complexity index is 716. The molecule has 2 aromatic rings. The van der Waals surface area contributed by atoms with Crippen molar-refractivity contribution in [2.24, 2.45) is 7.05 Å². The zero-order valence-electron chi connectivity index (χ0n) is 10.6. The minimum atomic E-state index is -1.58. The van der Waals surface area contributed by atoms with Crippen LogP contribution in [-0.4, -0.2) is 31.9 Å². The van der Waals surface area contributed by atoms with E-state index >= 15 is 0 Å². The number of aryl methyl sites for hydroxylation is 1. The molecular formula is C11H9F2N5O3. The molecule has 0 aliphatic heterocycles. The number of anilines is 2. The highest BCUT2D eigenvalue weighted by Gasteiger charge is 2.17. The number of aromatic carboxylic acids is 1. The predicted octanol–water partition coefficient (Wildman–Crippen LogP) is 1.44. The standard InChI is InChI=1S/C11H9F2N5O3/c1-18-10(14-4-15-18)17-11(21)16-8-2-5(9(19)20)6(12)3-7(8)13/h2-4H,1H3,(H,19,20)(H2,14,15,16,17,21). The number of hydrogen-bond donors (Lipinski definition) is 3. The minimum Gasteiger partial charge on any atom is -0.478 e. The van der Waals surface area contributed by atoms with Crippen molar-refractivity contribution in [2.45, 2.75) is 0 Å². The summed E-state index contributed by atoms with van der Waals surface area (Å²) in [5.74, 6) is -3.83. The van der Waals surface area contributed by atoms with Crippen molar-refractivity contribution < 1.29 is 23.5 Å². The Kier molecular flexibility index (Phi) is 3.78. The van der Waals surface area contributed by atoms with E-state index in [0.29, 0.717) is 12.1 Å². The predicted molar refractivity (Wildman–Crippen MR) is 67.0 cm³/mol. The molecule has 0 aliphatic rings. The van der Waals surface area contributed by atoms with Crippen molar-refractivity contribution >= 4 is 23.6 Å². The molecule has 0 spiro atoms. The van der Waals surface area contributed by atoms with Gasteiger partial charge in [-0.2, -0.15) is 10.1 Å². The van der Waals surface area contributed by atoms with Gasteiger partial charge in [0, 0.05) is 13.1 Å². The second-order valence-electron chi connectivity index (χ2n) is 3.90. The molecular weight excluding hydrogens is 288 g/mol. The van der Waals surface area contributed by atoms with E-state index in [4.69, 9.17) is 5.11 Å². The van der Waals surface area contributed by atoms with Gasteiger partial charge in [-0.15, -0.1) is 0 Å². The Labute approximate surface area is 116 Å². The fourth-order valence-electron chi connectivity index (χ4n) is 1.47. The van der Waals surface area contributed by atoms with Crippen molar-refractivity contribution in [1.29, 1.82) is 0 Å². The molecule has 21 heavy (non-hydrogen) atoms. The quantitative estimate of drug-likeness (QED) is 0.794. The second-order valence-corrected chi connectivity index (χ2v) is 3.90. The highest BCUT2D eigenvalue weighted by molar-refractivity contribution is 5.99. The van der Waals surface area contributed by atoms with Gasteiger partial charge in [0.1, 0.15) is 18.0 Å². The summed E-state index contributed by atoms with van der Waals surface area (Å²) < 4.78 is 28.0. The molecule has 1 aromatic carbocycles. The lowest BCUT2D eigenvalue weighted by Gasteiger charge is -2.09. The molecule has 0 unspecified atom stereocenters. The summed E-state index contributed by atoms with van der Waals surface area (Å²) in [6.07, 6.45) is 1.19. The first-order chi connectivity index (χ1) is 9.88. The van der Waals surface area contributed by atoms with Gasteiger partial charge in [-0.05, 0) is 6.07 Å². The fourth-order valence-corrected chi connectivity index (χ4v) is 1.47. The summed E-state index contributed by atoms with van der Waals surface area (Å²) in [6, 6.07) is 0.179. The van der Waals surface area contributed by atoms with Crippen molar-refractivity contribution in [3.05, 3.63) is 35.7 Å². The molecule has 0 radical (unpaired) electrons. The summed E-state index contributed by atoms with van der Waals surface area (Å²) in [5.41, 5.74) is -1.24. The zero-order valence-corrected chi connectivity index (χ0v) is 10.6. The van der Waals surface area contributed by atoms with Gasteiger partial charge in [0.25, 0.3) is 0 Å². The Morgan fingerprint density at radius 1 is 1.24 bits per heavy atom. The molecule has 0 saturated heterocycles. The summed E-state index contributed by atoms with van der Waals surface area (Å²) >= 11 is 0. The number of amides is 2. The lowest BCUT2D eigenvalue weighted by atomic mass is 10.2. The van der Waals surface area contributed by atoms with Gasteiger partial charge in [0.2, 0.25) is 5.95 Å². The molecule has 8 nitrogen and oxygen atoms in total. The number of carboxylic acids is 1. The van der Waals surface area contributed by atoms with E-state index in [1.807, 2.05) is 0 Å². The third-order valence-electron chi connectivity index (χ3n) is 2.47. The third-order valence-corrected chi connectivity index (χ3v) is 2.47. The van der Waals surface area contributed by atoms with E-state index in [1.54, 1.807) is 0 Å². The lowest BCUT2D eigenvalue weighted by Crippen LogP contribution is -2.22. The van der Waals surface area contributed by atoms with Crippen LogP contribution in [0, 0.1) is 11.6 Å². The van der Waals surface area contributed by atoms with Gasteiger partial charge in [0.05, 0.1) is 11.3 Å². The molecule has 1 aromatic heterocycles. The van der Waals surface area contributed by atoms with E-state index < -0.39 is 34.9 Å². The number of halogens is 2. The molecule has 10 heteroatoms. The van der Waals surface area contributed by atoms with E-state index in [-0.39, 0.29) is 5.95 Å². The first-order valence-corrected chi connectivity index (χ1v) is 5.53. The first-order valence-electron chi connectivity index (χ1n) is 5.53. The number of benzene rings is 1. The highest BCUT2D eigenvalue weighted by Crippen LogP contribution is 2.19. The number of nitrogens with one attached hydrogen (secondary N) is 2. The number of rotatable bonds is 3. The second kappa shape index (κ2) is 5.53. The molecule has 2 amide bonds. The van der Waals surface area contributed by atoms with Gasteiger partial charge in [-0.3, -0.25) is 5.32 Å². The molecule has 0 aliphatic carbocycles. The molecule has 0 bridgehead atoms. The van der Waals surface area contributed by atoms with Crippen LogP contribution in [0.3, 0.4) is 0 Å². The van der Waals surface area contributed by atoms with Crippen LogP contribution in [0.25, 0.3) is 0 Å². The normalized spacial score (nSPS) is 10.2. The van der Waals surface area contributed by atoms with Crippen LogP contribution in [0.1, 0.15) is 10.4 Å². The Morgan fingerprint density at radius 3 is 2.52 bits per heavy atom. The minimum absolute atomic E-state index is 0.0912. The number of urea groups is 1. The third kappa shape index (κ3) is 3.11. The SMILES string of the molecule is Cn1ncnc1NC(=O)Nc1cc(C(=O)O)c(F)cc1F. The molecule has 0 saturated carbocycles. The first kappa shape index (κ1) is 14.4. The van der Waals surface area contributed by atoms with E-state index in [9.17, 15) is 18.4 Å². The fraction of sp³-hybridized carbons (Fsp3) is 0.0909. The van der Waals surface area contributed by atoms with Crippen LogP contribution in [0.15, 0.2) is 18.5 Å². The van der Waals surface area contributed by atoms with Crippen LogP contribution in [0.5, 0.6) is 0 Å². The number of carboxylic acid groups (broad SMARTS) is 1. The van der Waals surface area contributed by atoms with Crippen molar-refractivity contribution in [1.82, 2.24) is 14.8 Å². The Morgan fingerprint density at radius 2 is 1.95 bits per heavy atom. The van der Waals surface area contributed by atoms with Crippen LogP contribution in [-0.2, 0) is 7.05 Å². The van der Waals surface area contributed by atoms with Crippen molar-refractivity contribution in [3.8, 4) is 0 Å². The largest absolute Gasteiger partial charge is 0.478 e. The van der Waals surface area contributed by atoms with Crippen LogP contribution >= 0.6 is 0 Å². The smallest absolute Gasteiger partial charge is 0.338 e. The summed E-state index contributed by atoms with van der Waals surface area (Å²) in [6.45, 7) is 0. The summed E-state index contributed by atoms with van der Waals surface area (Å²) in [5, 5.41) is 16.8. The Balaban J connectivity index is 2.19. The Hall–Kier alpha value is -3.04. The monoisotopic (exact) mass is 297 g/mol. The van der Waals surface area contributed by atoms with Crippen LogP contribution in [0.2, 0.25) is 0 Å². The molecule has 110 valence electrons. The average Bonchev–Trinajstić information content (AvgIpc) is 2.78. The molecule has 3 N–H and O–H groups in total. The number of carbonyl (C=O) groups is 2. The maximum Gasteiger partial charge on any atom is 0.338 e. The van der Waals surface area contributed by atoms with E-state index in [1.165, 1.54) is 18.1 Å². The number of nitrogens with zero attached hydrogens (tertiary/aromatic N) is 3. The van der Waals surface area contributed by atoms with Crippen LogP contribution < -0.4 is 10.6 Å². The molecule has 1 heterocycles. The highest BCUT2D eigenvalue weighted by atomic mass is 19.1. The van der Waals surface area contributed by atoms with Gasteiger partial charge in [-0.25, -0.2) is 23.1 Å². The summed E-state index contributed by atoms with van der Waals surface area (Å²) in [7, 11) is 1.52. The average molecular weight is 297 g/mol. The lowest BCUT2D eigenvalue weighted by molar-refractivity contribution is 0.0692.